The molecule has 2 atom stereocenters. The second-order valence-corrected chi connectivity index (χ2v) is 10.1. The van der Waals surface area contributed by atoms with E-state index < -0.39 is 0 Å². The first kappa shape index (κ1) is 22.1. The van der Waals surface area contributed by atoms with Crippen molar-refractivity contribution in [3.05, 3.63) is 71.8 Å². The lowest BCUT2D eigenvalue weighted by Crippen LogP contribution is -2.55. The number of nitrogens with zero attached hydrogens (tertiary/aromatic N) is 2. The Bertz CT molecular complexity index is 808. The van der Waals surface area contributed by atoms with Crippen LogP contribution in [-0.2, 0) is 22.3 Å². The Morgan fingerprint density at radius 1 is 0.781 bits per heavy atom. The summed E-state index contributed by atoms with van der Waals surface area (Å²) in [7, 11) is 0. The molecule has 2 heterocycles. The fourth-order valence-corrected chi connectivity index (χ4v) is 5.63. The van der Waals surface area contributed by atoms with Gasteiger partial charge in [0.05, 0.1) is 19.3 Å². The number of hydrogen-bond acceptors (Lipinski definition) is 4. The molecule has 1 saturated carbocycles. The molecule has 3 aliphatic rings. The van der Waals surface area contributed by atoms with Gasteiger partial charge < -0.3 is 14.4 Å². The van der Waals surface area contributed by atoms with Crippen LogP contribution in [-0.4, -0.2) is 68.1 Å². The largest absolute Gasteiger partial charge is 0.371 e. The van der Waals surface area contributed by atoms with Gasteiger partial charge in [-0.05, 0) is 48.8 Å². The normalized spacial score (nSPS) is 26.5. The van der Waals surface area contributed by atoms with Gasteiger partial charge in [0.1, 0.15) is 6.23 Å². The minimum absolute atomic E-state index is 0.125. The summed E-state index contributed by atoms with van der Waals surface area (Å²) in [5, 5.41) is 0. The Balaban J connectivity index is 1.03. The topological polar surface area (TPSA) is 24.9 Å². The molecule has 3 fully saturated rings. The zero-order valence-corrected chi connectivity index (χ0v) is 19.3. The number of piperazine rings is 1. The van der Waals surface area contributed by atoms with Crippen LogP contribution in [0.25, 0.3) is 0 Å². The molecule has 0 spiro atoms. The van der Waals surface area contributed by atoms with E-state index in [0.717, 1.165) is 32.6 Å². The molecule has 2 saturated heterocycles. The maximum Gasteiger partial charge on any atom is 0.134 e. The summed E-state index contributed by atoms with van der Waals surface area (Å²) < 4.78 is 12.4. The third-order valence-corrected chi connectivity index (χ3v) is 7.86. The lowest BCUT2D eigenvalue weighted by Gasteiger charge is -2.45. The van der Waals surface area contributed by atoms with Crippen LogP contribution in [0.1, 0.15) is 36.8 Å². The van der Waals surface area contributed by atoms with Gasteiger partial charge >= 0.3 is 0 Å². The van der Waals surface area contributed by atoms with E-state index in [0.29, 0.717) is 18.6 Å². The summed E-state index contributed by atoms with van der Waals surface area (Å²) >= 11 is 0. The molecular weight excluding hydrogens is 396 g/mol. The fourth-order valence-electron chi connectivity index (χ4n) is 5.63. The summed E-state index contributed by atoms with van der Waals surface area (Å²) in [6, 6.07) is 21.7. The smallest absolute Gasteiger partial charge is 0.134 e. The minimum Gasteiger partial charge on any atom is -0.371 e. The highest BCUT2D eigenvalue weighted by Gasteiger charge is 2.37. The van der Waals surface area contributed by atoms with Gasteiger partial charge in [0.15, 0.2) is 0 Å². The minimum atomic E-state index is 0.125. The maximum atomic E-state index is 6.23. The Kier molecular flexibility index (Phi) is 7.23. The third-order valence-electron chi connectivity index (χ3n) is 7.86. The summed E-state index contributed by atoms with van der Waals surface area (Å²) in [6.45, 7) is 7.09. The summed E-state index contributed by atoms with van der Waals surface area (Å²) in [5.74, 6) is 0. The highest BCUT2D eigenvalue weighted by Crippen LogP contribution is 2.46. The molecule has 2 aromatic carbocycles. The van der Waals surface area contributed by atoms with Crippen molar-refractivity contribution >= 4 is 0 Å². The Hall–Kier alpha value is -1.72. The van der Waals surface area contributed by atoms with E-state index in [1.54, 1.807) is 0 Å². The van der Waals surface area contributed by atoms with Crippen molar-refractivity contribution in [1.82, 2.24) is 9.80 Å². The average molecular weight is 435 g/mol. The maximum absolute atomic E-state index is 6.23. The number of benzene rings is 2. The van der Waals surface area contributed by atoms with Crippen molar-refractivity contribution < 1.29 is 9.47 Å². The molecule has 0 N–H and O–H groups in total. The van der Waals surface area contributed by atoms with Crippen LogP contribution in [0, 0.1) is 5.41 Å². The highest BCUT2D eigenvalue weighted by atomic mass is 16.6. The Morgan fingerprint density at radius 2 is 1.47 bits per heavy atom. The second-order valence-electron chi connectivity index (χ2n) is 10.1. The standard InChI is InChI=1S/C28H38N2O2/c1-3-8-24(9-4-1)20-26-22-32-27(23-31-26)30-18-16-29(17-19-30)15-14-28(12-7-13-28)21-25-10-5-2-6-11-25/h1-6,8-11,26-27H,7,12-23H2. The van der Waals surface area contributed by atoms with E-state index in [2.05, 4.69) is 70.5 Å². The molecule has 2 aromatic rings. The van der Waals surface area contributed by atoms with E-state index in [1.165, 1.54) is 49.8 Å². The summed E-state index contributed by atoms with van der Waals surface area (Å²) in [5.41, 5.74) is 3.38. The van der Waals surface area contributed by atoms with Crippen molar-refractivity contribution in [3.8, 4) is 0 Å². The lowest BCUT2D eigenvalue weighted by molar-refractivity contribution is -0.190. The molecule has 32 heavy (non-hydrogen) atoms. The van der Waals surface area contributed by atoms with Crippen molar-refractivity contribution in [1.29, 1.82) is 0 Å². The fraction of sp³-hybridized carbons (Fsp3) is 0.571. The SMILES string of the molecule is c1ccc(CC2COC(N3CCN(CCC4(Cc5ccccc5)CCC4)CC3)CO2)cc1. The molecule has 5 rings (SSSR count). The van der Waals surface area contributed by atoms with Crippen LogP contribution >= 0.6 is 0 Å². The summed E-state index contributed by atoms with van der Waals surface area (Å²) in [6.07, 6.45) is 8.05. The van der Waals surface area contributed by atoms with Gasteiger partial charge in [0.25, 0.3) is 0 Å². The molecule has 4 nitrogen and oxygen atoms in total. The Morgan fingerprint density at radius 3 is 2.06 bits per heavy atom. The van der Waals surface area contributed by atoms with Gasteiger partial charge in [-0.25, -0.2) is 0 Å². The monoisotopic (exact) mass is 434 g/mol. The van der Waals surface area contributed by atoms with Crippen LogP contribution in [0.2, 0.25) is 0 Å². The molecule has 0 bridgehead atoms. The second kappa shape index (κ2) is 10.5. The third kappa shape index (κ3) is 5.60. The van der Waals surface area contributed by atoms with Gasteiger partial charge in [-0.1, -0.05) is 67.1 Å². The molecule has 4 heteroatoms. The van der Waals surface area contributed by atoms with Gasteiger partial charge in [0.2, 0.25) is 0 Å². The zero-order valence-electron chi connectivity index (χ0n) is 19.3. The van der Waals surface area contributed by atoms with Crippen molar-refractivity contribution in [2.24, 2.45) is 5.41 Å². The molecule has 1 aliphatic carbocycles. The van der Waals surface area contributed by atoms with Gasteiger partial charge in [-0.2, -0.15) is 0 Å². The van der Waals surface area contributed by atoms with Crippen molar-refractivity contribution in [3.63, 3.8) is 0 Å². The molecule has 2 aliphatic heterocycles. The first-order chi connectivity index (χ1) is 15.8. The molecule has 0 aromatic heterocycles. The predicted molar refractivity (Wildman–Crippen MR) is 129 cm³/mol. The van der Waals surface area contributed by atoms with Crippen molar-refractivity contribution in [2.45, 2.75) is 50.9 Å². The van der Waals surface area contributed by atoms with Crippen molar-refractivity contribution in [2.75, 3.05) is 45.9 Å². The van der Waals surface area contributed by atoms with Gasteiger partial charge in [-0.3, -0.25) is 4.90 Å². The number of hydrogen-bond donors (Lipinski definition) is 0. The van der Waals surface area contributed by atoms with Gasteiger partial charge in [0, 0.05) is 32.6 Å². The predicted octanol–water partition coefficient (Wildman–Crippen LogP) is 4.39. The molecule has 172 valence electrons. The van der Waals surface area contributed by atoms with Crippen LogP contribution in [0.5, 0.6) is 0 Å². The van der Waals surface area contributed by atoms with Crippen LogP contribution in [0.15, 0.2) is 60.7 Å². The van der Waals surface area contributed by atoms with Crippen LogP contribution < -0.4 is 0 Å². The molecule has 0 radical (unpaired) electrons. The van der Waals surface area contributed by atoms with Crippen LogP contribution in [0.4, 0.5) is 0 Å². The number of rotatable bonds is 8. The molecule has 2 unspecified atom stereocenters. The van der Waals surface area contributed by atoms with E-state index in [1.807, 2.05) is 0 Å². The average Bonchev–Trinajstić information content (AvgIpc) is 2.83. The van der Waals surface area contributed by atoms with E-state index >= 15 is 0 Å². The molecular formula is C28H38N2O2. The summed E-state index contributed by atoms with van der Waals surface area (Å²) in [4.78, 5) is 5.15. The Labute approximate surface area is 193 Å². The van der Waals surface area contributed by atoms with Gasteiger partial charge in [-0.15, -0.1) is 0 Å². The first-order valence-corrected chi connectivity index (χ1v) is 12.6. The first-order valence-electron chi connectivity index (χ1n) is 12.6. The van der Waals surface area contributed by atoms with E-state index in [-0.39, 0.29) is 12.3 Å². The van der Waals surface area contributed by atoms with E-state index in [9.17, 15) is 0 Å². The highest BCUT2D eigenvalue weighted by molar-refractivity contribution is 5.18. The zero-order chi connectivity index (χ0) is 21.6. The molecule has 0 amide bonds. The van der Waals surface area contributed by atoms with Crippen LogP contribution in [0.3, 0.4) is 0 Å². The quantitative estimate of drug-likeness (QED) is 0.615. The lowest BCUT2D eigenvalue weighted by atomic mass is 9.63. The van der Waals surface area contributed by atoms with E-state index in [4.69, 9.17) is 9.47 Å². The number of ether oxygens (including phenoxy) is 2.